The highest BCUT2D eigenvalue weighted by atomic mass is 32.1. The summed E-state index contributed by atoms with van der Waals surface area (Å²) >= 11 is 1.44. The predicted molar refractivity (Wildman–Crippen MR) is 111 cm³/mol. The minimum Gasteiger partial charge on any atom is -0.481 e. The van der Waals surface area contributed by atoms with Gasteiger partial charge in [-0.25, -0.2) is 4.98 Å². The normalized spacial score (nSPS) is 10.6. The summed E-state index contributed by atoms with van der Waals surface area (Å²) < 4.78 is 5.92. The number of carboxylic acid groups (broad SMARTS) is 1. The summed E-state index contributed by atoms with van der Waals surface area (Å²) in [4.78, 5) is 15.2. The lowest BCUT2D eigenvalue weighted by atomic mass is 10.1. The molecule has 1 aromatic heterocycles. The van der Waals surface area contributed by atoms with E-state index in [-0.39, 0.29) is 6.42 Å². The van der Waals surface area contributed by atoms with Crippen LogP contribution in [0.2, 0.25) is 0 Å². The molecule has 4 rings (SSSR count). The molecule has 5 heteroatoms. The van der Waals surface area contributed by atoms with E-state index in [1.54, 1.807) is 5.38 Å². The molecule has 138 valence electrons. The first kappa shape index (κ1) is 17.9. The third-order valence-electron chi connectivity index (χ3n) is 4.18. The molecule has 0 amide bonds. The minimum atomic E-state index is -0.876. The molecule has 4 nitrogen and oxygen atoms in total. The zero-order valence-electron chi connectivity index (χ0n) is 14.9. The van der Waals surface area contributed by atoms with Gasteiger partial charge in [0.05, 0.1) is 12.1 Å². The van der Waals surface area contributed by atoms with Crippen LogP contribution in [-0.4, -0.2) is 16.1 Å². The van der Waals surface area contributed by atoms with E-state index >= 15 is 0 Å². The first-order valence-electron chi connectivity index (χ1n) is 8.77. The van der Waals surface area contributed by atoms with Gasteiger partial charge >= 0.3 is 5.97 Å². The zero-order valence-corrected chi connectivity index (χ0v) is 15.7. The molecular formula is C23H17NO3S. The monoisotopic (exact) mass is 387 g/mol. The van der Waals surface area contributed by atoms with E-state index < -0.39 is 5.97 Å². The second kappa shape index (κ2) is 8.06. The lowest BCUT2D eigenvalue weighted by molar-refractivity contribution is -0.136. The first-order chi connectivity index (χ1) is 13.7. The Balaban J connectivity index is 1.44. The number of hydrogen-bond acceptors (Lipinski definition) is 4. The average Bonchev–Trinajstić information content (AvgIpc) is 3.17. The third-order valence-corrected chi connectivity index (χ3v) is 5.12. The Hall–Kier alpha value is -3.44. The van der Waals surface area contributed by atoms with Gasteiger partial charge in [-0.1, -0.05) is 42.5 Å². The summed E-state index contributed by atoms with van der Waals surface area (Å²) in [5.41, 5.74) is 3.83. The smallest absolute Gasteiger partial charge is 0.309 e. The Morgan fingerprint density at radius 1 is 0.821 bits per heavy atom. The molecule has 0 spiro atoms. The Kier molecular flexibility index (Phi) is 5.17. The van der Waals surface area contributed by atoms with Gasteiger partial charge in [0.1, 0.15) is 16.5 Å². The minimum absolute atomic E-state index is 0.0589. The maximum Gasteiger partial charge on any atom is 0.309 e. The van der Waals surface area contributed by atoms with Gasteiger partial charge in [-0.2, -0.15) is 0 Å². The highest BCUT2D eigenvalue weighted by molar-refractivity contribution is 7.13. The van der Waals surface area contributed by atoms with Crippen molar-refractivity contribution in [1.29, 1.82) is 0 Å². The molecule has 0 radical (unpaired) electrons. The van der Waals surface area contributed by atoms with Crippen molar-refractivity contribution in [1.82, 2.24) is 4.98 Å². The van der Waals surface area contributed by atoms with E-state index in [0.29, 0.717) is 5.69 Å². The Morgan fingerprint density at radius 2 is 1.39 bits per heavy atom. The van der Waals surface area contributed by atoms with Crippen molar-refractivity contribution in [2.45, 2.75) is 6.42 Å². The van der Waals surface area contributed by atoms with Crippen LogP contribution in [-0.2, 0) is 11.2 Å². The SMILES string of the molecule is O=C(O)Cc1csc(-c2ccc(Oc3ccc(-c4ccccc4)cc3)cc2)n1. The lowest BCUT2D eigenvalue weighted by Gasteiger charge is -2.07. The molecular weight excluding hydrogens is 370 g/mol. The molecule has 0 bridgehead atoms. The maximum atomic E-state index is 10.8. The summed E-state index contributed by atoms with van der Waals surface area (Å²) in [6.45, 7) is 0. The van der Waals surface area contributed by atoms with E-state index in [1.165, 1.54) is 16.9 Å². The summed E-state index contributed by atoms with van der Waals surface area (Å²) in [7, 11) is 0. The van der Waals surface area contributed by atoms with Crippen molar-refractivity contribution in [2.24, 2.45) is 0 Å². The van der Waals surface area contributed by atoms with Crippen LogP contribution in [0.1, 0.15) is 5.69 Å². The fourth-order valence-corrected chi connectivity index (χ4v) is 3.65. The van der Waals surface area contributed by atoms with Crippen molar-refractivity contribution in [3.8, 4) is 33.2 Å². The topological polar surface area (TPSA) is 59.4 Å². The second-order valence-corrected chi connectivity index (χ2v) is 7.09. The average molecular weight is 387 g/mol. The molecule has 0 fully saturated rings. The number of aromatic nitrogens is 1. The fourth-order valence-electron chi connectivity index (χ4n) is 2.82. The molecule has 4 aromatic rings. The zero-order chi connectivity index (χ0) is 19.3. The van der Waals surface area contributed by atoms with Crippen LogP contribution in [0.15, 0.2) is 84.2 Å². The fraction of sp³-hybridized carbons (Fsp3) is 0.0435. The number of benzene rings is 3. The van der Waals surface area contributed by atoms with E-state index in [9.17, 15) is 4.79 Å². The molecule has 28 heavy (non-hydrogen) atoms. The van der Waals surface area contributed by atoms with E-state index in [2.05, 4.69) is 17.1 Å². The van der Waals surface area contributed by atoms with Gasteiger partial charge in [0, 0.05) is 10.9 Å². The van der Waals surface area contributed by atoms with Crippen LogP contribution in [0.25, 0.3) is 21.7 Å². The number of carboxylic acids is 1. The molecule has 0 saturated carbocycles. The summed E-state index contributed by atoms with van der Waals surface area (Å²) in [6.07, 6.45) is -0.0589. The maximum absolute atomic E-state index is 10.8. The number of thiazole rings is 1. The third kappa shape index (κ3) is 4.27. The number of nitrogens with zero attached hydrogens (tertiary/aromatic N) is 1. The van der Waals surface area contributed by atoms with Gasteiger partial charge in [-0.05, 0) is 47.5 Å². The van der Waals surface area contributed by atoms with Gasteiger partial charge < -0.3 is 9.84 Å². The number of ether oxygens (including phenoxy) is 1. The van der Waals surface area contributed by atoms with Crippen LogP contribution in [0.4, 0.5) is 0 Å². The highest BCUT2D eigenvalue weighted by Gasteiger charge is 2.08. The summed E-state index contributed by atoms with van der Waals surface area (Å²) in [6, 6.07) is 25.8. The Labute approximate surface area is 166 Å². The number of rotatable bonds is 6. The first-order valence-corrected chi connectivity index (χ1v) is 9.65. The highest BCUT2D eigenvalue weighted by Crippen LogP contribution is 2.29. The second-order valence-electron chi connectivity index (χ2n) is 6.23. The van der Waals surface area contributed by atoms with Gasteiger partial charge in [-0.15, -0.1) is 11.3 Å². The van der Waals surface area contributed by atoms with Crippen molar-refractivity contribution in [2.75, 3.05) is 0 Å². The van der Waals surface area contributed by atoms with E-state index in [4.69, 9.17) is 9.84 Å². The van der Waals surface area contributed by atoms with Crippen LogP contribution < -0.4 is 4.74 Å². The van der Waals surface area contributed by atoms with Crippen LogP contribution in [0, 0.1) is 0 Å². The quantitative estimate of drug-likeness (QED) is 0.448. The standard InChI is InChI=1S/C23H17NO3S/c25-22(26)14-19-15-28-23(24-19)18-8-12-21(13-9-18)27-20-10-6-17(7-11-20)16-4-2-1-3-5-16/h1-13,15H,14H2,(H,25,26). The summed E-state index contributed by atoms with van der Waals surface area (Å²) in [5.74, 6) is 0.628. The van der Waals surface area contributed by atoms with Gasteiger partial charge in [0.25, 0.3) is 0 Å². The van der Waals surface area contributed by atoms with Gasteiger partial charge in [0.15, 0.2) is 0 Å². The Morgan fingerprint density at radius 3 is 2.00 bits per heavy atom. The molecule has 0 aliphatic heterocycles. The van der Waals surface area contributed by atoms with Gasteiger partial charge in [-0.3, -0.25) is 4.79 Å². The van der Waals surface area contributed by atoms with E-state index in [0.717, 1.165) is 27.6 Å². The molecule has 0 aliphatic rings. The van der Waals surface area contributed by atoms with Crippen LogP contribution in [0.3, 0.4) is 0 Å². The van der Waals surface area contributed by atoms with Crippen molar-refractivity contribution >= 4 is 17.3 Å². The van der Waals surface area contributed by atoms with Crippen LogP contribution in [0.5, 0.6) is 11.5 Å². The predicted octanol–water partition coefficient (Wildman–Crippen LogP) is 5.90. The number of hydrogen-bond donors (Lipinski definition) is 1. The lowest BCUT2D eigenvalue weighted by Crippen LogP contribution is -1.99. The number of aliphatic carboxylic acids is 1. The van der Waals surface area contributed by atoms with Crippen molar-refractivity contribution < 1.29 is 14.6 Å². The van der Waals surface area contributed by atoms with Crippen LogP contribution >= 0.6 is 11.3 Å². The van der Waals surface area contributed by atoms with Gasteiger partial charge in [0.2, 0.25) is 0 Å². The molecule has 0 atom stereocenters. The van der Waals surface area contributed by atoms with E-state index in [1.807, 2.05) is 66.7 Å². The Bertz CT molecular complexity index is 1070. The largest absolute Gasteiger partial charge is 0.481 e. The molecule has 1 heterocycles. The molecule has 0 saturated heterocycles. The number of carbonyl (C=O) groups is 1. The summed E-state index contributed by atoms with van der Waals surface area (Å²) in [5, 5.41) is 11.4. The molecule has 3 aromatic carbocycles. The van der Waals surface area contributed by atoms with Crippen molar-refractivity contribution in [3.63, 3.8) is 0 Å². The molecule has 0 aliphatic carbocycles. The van der Waals surface area contributed by atoms with Crippen molar-refractivity contribution in [3.05, 3.63) is 89.9 Å². The molecule has 1 N–H and O–H groups in total. The molecule has 0 unspecified atom stereocenters.